The predicted octanol–water partition coefficient (Wildman–Crippen LogP) is 3.92. The topological polar surface area (TPSA) is 49.3 Å². The normalized spacial score (nSPS) is 10.1. The van der Waals surface area contributed by atoms with E-state index in [1.165, 1.54) is 12.1 Å². The number of benzene rings is 2. The van der Waals surface area contributed by atoms with E-state index in [4.69, 9.17) is 16.7 Å². The molecule has 3 nitrogen and oxygen atoms in total. The van der Waals surface area contributed by atoms with Crippen molar-refractivity contribution >= 4 is 28.9 Å². The molecular weight excluding hydrogens is 257 g/mol. The van der Waals surface area contributed by atoms with Crippen LogP contribution < -0.4 is 5.32 Å². The van der Waals surface area contributed by atoms with Crippen molar-refractivity contribution in [3.63, 3.8) is 0 Å². The van der Waals surface area contributed by atoms with Gasteiger partial charge in [0.05, 0.1) is 11.3 Å². The number of rotatable bonds is 3. The number of carbonyl (C=O) groups is 1. The van der Waals surface area contributed by atoms with E-state index in [1.807, 2.05) is 0 Å². The predicted molar refractivity (Wildman–Crippen MR) is 68.1 cm³/mol. The zero-order chi connectivity index (χ0) is 13.1. The number of hydrogen-bond acceptors (Lipinski definition) is 2. The molecule has 0 spiro atoms. The SMILES string of the molecule is O=C(O)c1cc(F)ccc1Nc1cccc(Cl)c1. The minimum atomic E-state index is -1.20. The maximum absolute atomic E-state index is 13.0. The summed E-state index contributed by atoms with van der Waals surface area (Å²) in [6.07, 6.45) is 0. The van der Waals surface area contributed by atoms with Gasteiger partial charge in [0.2, 0.25) is 0 Å². The van der Waals surface area contributed by atoms with Gasteiger partial charge < -0.3 is 10.4 Å². The largest absolute Gasteiger partial charge is 0.478 e. The van der Waals surface area contributed by atoms with Gasteiger partial charge in [-0.3, -0.25) is 0 Å². The summed E-state index contributed by atoms with van der Waals surface area (Å²) < 4.78 is 13.0. The number of carboxylic acids is 1. The average molecular weight is 266 g/mol. The smallest absolute Gasteiger partial charge is 0.337 e. The molecule has 2 N–H and O–H groups in total. The first kappa shape index (κ1) is 12.4. The number of aromatic carboxylic acids is 1. The van der Waals surface area contributed by atoms with Crippen LogP contribution in [0.4, 0.5) is 15.8 Å². The molecule has 0 saturated heterocycles. The van der Waals surface area contributed by atoms with E-state index in [0.717, 1.165) is 6.07 Å². The molecule has 0 aromatic heterocycles. The fourth-order valence-corrected chi connectivity index (χ4v) is 1.71. The van der Waals surface area contributed by atoms with Crippen molar-refractivity contribution in [2.75, 3.05) is 5.32 Å². The number of nitrogens with one attached hydrogen (secondary N) is 1. The average Bonchev–Trinajstić information content (AvgIpc) is 2.31. The lowest BCUT2D eigenvalue weighted by Gasteiger charge is -2.09. The van der Waals surface area contributed by atoms with Gasteiger partial charge in [-0.05, 0) is 36.4 Å². The monoisotopic (exact) mass is 265 g/mol. The molecule has 18 heavy (non-hydrogen) atoms. The molecule has 0 bridgehead atoms. The van der Waals surface area contributed by atoms with E-state index < -0.39 is 11.8 Å². The summed E-state index contributed by atoms with van der Waals surface area (Å²) in [5.74, 6) is -1.79. The molecule has 0 saturated carbocycles. The number of carboxylic acid groups (broad SMARTS) is 1. The van der Waals surface area contributed by atoms with Gasteiger partial charge in [-0.2, -0.15) is 0 Å². The Labute approximate surface area is 108 Å². The third kappa shape index (κ3) is 2.78. The fraction of sp³-hybridized carbons (Fsp3) is 0. The van der Waals surface area contributed by atoms with Gasteiger partial charge in [-0.25, -0.2) is 9.18 Å². The van der Waals surface area contributed by atoms with Crippen LogP contribution in [0.25, 0.3) is 0 Å². The lowest BCUT2D eigenvalue weighted by atomic mass is 10.1. The van der Waals surface area contributed by atoms with Crippen LogP contribution in [0.1, 0.15) is 10.4 Å². The minimum absolute atomic E-state index is 0.130. The lowest BCUT2D eigenvalue weighted by molar-refractivity contribution is 0.0697. The van der Waals surface area contributed by atoms with Gasteiger partial charge in [0.1, 0.15) is 5.82 Å². The maximum Gasteiger partial charge on any atom is 0.337 e. The number of hydrogen-bond donors (Lipinski definition) is 2. The summed E-state index contributed by atoms with van der Waals surface area (Å²) >= 11 is 5.82. The molecule has 5 heteroatoms. The zero-order valence-electron chi connectivity index (χ0n) is 9.15. The molecule has 0 aliphatic heterocycles. The Morgan fingerprint density at radius 2 is 2.00 bits per heavy atom. The highest BCUT2D eigenvalue weighted by Crippen LogP contribution is 2.23. The van der Waals surface area contributed by atoms with E-state index in [0.29, 0.717) is 16.4 Å². The van der Waals surface area contributed by atoms with Gasteiger partial charge >= 0.3 is 5.97 Å². The summed E-state index contributed by atoms with van der Waals surface area (Å²) in [4.78, 5) is 11.0. The quantitative estimate of drug-likeness (QED) is 0.884. The second-order valence-electron chi connectivity index (χ2n) is 3.63. The van der Waals surface area contributed by atoms with Gasteiger partial charge in [0, 0.05) is 10.7 Å². The van der Waals surface area contributed by atoms with Crippen molar-refractivity contribution in [3.05, 3.63) is 58.9 Å². The van der Waals surface area contributed by atoms with Gasteiger partial charge in [-0.15, -0.1) is 0 Å². The number of halogens is 2. The second-order valence-corrected chi connectivity index (χ2v) is 4.07. The Hall–Kier alpha value is -2.07. The standard InChI is InChI=1S/C13H9ClFNO2/c14-8-2-1-3-10(6-8)16-12-5-4-9(15)7-11(12)13(17)18/h1-7,16H,(H,17,18). The van der Waals surface area contributed by atoms with E-state index in [9.17, 15) is 9.18 Å². The van der Waals surface area contributed by atoms with E-state index in [-0.39, 0.29) is 5.56 Å². The third-order valence-electron chi connectivity index (χ3n) is 2.32. The molecule has 0 heterocycles. The highest BCUT2D eigenvalue weighted by atomic mass is 35.5. The first-order valence-electron chi connectivity index (χ1n) is 5.12. The molecule has 0 fully saturated rings. The molecule has 0 amide bonds. The molecular formula is C13H9ClFNO2. The van der Waals surface area contributed by atoms with Crippen molar-refractivity contribution < 1.29 is 14.3 Å². The molecule has 2 aromatic carbocycles. The Morgan fingerprint density at radius 3 is 2.67 bits per heavy atom. The van der Waals surface area contributed by atoms with Crippen LogP contribution in [0.2, 0.25) is 5.02 Å². The first-order chi connectivity index (χ1) is 8.56. The summed E-state index contributed by atoms with van der Waals surface area (Å²) in [7, 11) is 0. The van der Waals surface area contributed by atoms with Crippen LogP contribution in [0.3, 0.4) is 0 Å². The minimum Gasteiger partial charge on any atom is -0.478 e. The first-order valence-corrected chi connectivity index (χ1v) is 5.49. The Balaban J connectivity index is 2.37. The molecule has 0 unspecified atom stereocenters. The van der Waals surface area contributed by atoms with Crippen molar-refractivity contribution in [3.8, 4) is 0 Å². The highest BCUT2D eigenvalue weighted by Gasteiger charge is 2.11. The van der Waals surface area contributed by atoms with Crippen molar-refractivity contribution in [1.82, 2.24) is 0 Å². The van der Waals surface area contributed by atoms with Crippen molar-refractivity contribution in [2.45, 2.75) is 0 Å². The van der Waals surface area contributed by atoms with E-state index in [2.05, 4.69) is 5.32 Å². The van der Waals surface area contributed by atoms with Gasteiger partial charge in [0.15, 0.2) is 0 Å². The lowest BCUT2D eigenvalue weighted by Crippen LogP contribution is -2.03. The third-order valence-corrected chi connectivity index (χ3v) is 2.55. The second kappa shape index (κ2) is 5.06. The van der Waals surface area contributed by atoms with Crippen LogP contribution in [0.15, 0.2) is 42.5 Å². The number of anilines is 2. The fourth-order valence-electron chi connectivity index (χ4n) is 1.52. The van der Waals surface area contributed by atoms with Crippen LogP contribution in [-0.4, -0.2) is 11.1 Å². The van der Waals surface area contributed by atoms with Crippen molar-refractivity contribution in [1.29, 1.82) is 0 Å². The maximum atomic E-state index is 13.0. The van der Waals surface area contributed by atoms with Gasteiger partial charge in [-0.1, -0.05) is 17.7 Å². The summed E-state index contributed by atoms with van der Waals surface area (Å²) in [5, 5.41) is 12.4. The van der Waals surface area contributed by atoms with Crippen LogP contribution in [-0.2, 0) is 0 Å². The summed E-state index contributed by atoms with van der Waals surface area (Å²) in [5.41, 5.74) is 0.817. The molecule has 0 aliphatic carbocycles. The van der Waals surface area contributed by atoms with Crippen LogP contribution >= 0.6 is 11.6 Å². The molecule has 0 atom stereocenters. The van der Waals surface area contributed by atoms with Crippen LogP contribution in [0, 0.1) is 5.82 Å². The van der Waals surface area contributed by atoms with Crippen molar-refractivity contribution in [2.24, 2.45) is 0 Å². The molecule has 0 radical (unpaired) electrons. The molecule has 92 valence electrons. The Bertz CT molecular complexity index is 601. The van der Waals surface area contributed by atoms with Crippen LogP contribution in [0.5, 0.6) is 0 Å². The molecule has 0 aliphatic rings. The summed E-state index contributed by atoms with van der Waals surface area (Å²) in [6, 6.07) is 10.4. The zero-order valence-corrected chi connectivity index (χ0v) is 9.91. The van der Waals surface area contributed by atoms with E-state index in [1.54, 1.807) is 24.3 Å². The Kier molecular flexibility index (Phi) is 3.48. The highest BCUT2D eigenvalue weighted by molar-refractivity contribution is 6.30. The van der Waals surface area contributed by atoms with Gasteiger partial charge in [0.25, 0.3) is 0 Å². The van der Waals surface area contributed by atoms with E-state index >= 15 is 0 Å². The molecule has 2 aromatic rings. The molecule has 2 rings (SSSR count). The Morgan fingerprint density at radius 1 is 1.22 bits per heavy atom. The summed E-state index contributed by atoms with van der Waals surface area (Å²) in [6.45, 7) is 0.